The lowest BCUT2D eigenvalue weighted by Gasteiger charge is -2.57. The number of carbonyl (C=O) groups excluding carboxylic acids is 1. The van der Waals surface area contributed by atoms with Crippen LogP contribution in [0.15, 0.2) is 0 Å². The molecule has 0 radical (unpaired) electrons. The zero-order chi connectivity index (χ0) is 15.7. The summed E-state index contributed by atoms with van der Waals surface area (Å²) < 4.78 is 5.98. The van der Waals surface area contributed by atoms with Crippen molar-refractivity contribution < 1.29 is 9.53 Å². The van der Waals surface area contributed by atoms with Crippen molar-refractivity contribution in [3.63, 3.8) is 0 Å². The fraction of sp³-hybridized carbons (Fsp3) is 0.944. The third-order valence-electron chi connectivity index (χ3n) is 6.52. The van der Waals surface area contributed by atoms with Gasteiger partial charge in [0.05, 0.1) is 6.10 Å². The number of carbonyl (C=O) groups is 1. The first-order valence-electron chi connectivity index (χ1n) is 9.22. The van der Waals surface area contributed by atoms with E-state index in [1.54, 1.807) is 0 Å². The fourth-order valence-electron chi connectivity index (χ4n) is 5.29. The molecule has 4 unspecified atom stereocenters. The Morgan fingerprint density at radius 1 is 1.22 bits per heavy atom. The maximum Gasteiger partial charge on any atom is 0.225 e. The molecule has 3 aliphatic rings. The summed E-state index contributed by atoms with van der Waals surface area (Å²) in [6.45, 7) is 2.86. The highest BCUT2D eigenvalue weighted by Crippen LogP contribution is 2.56. The van der Waals surface area contributed by atoms with Crippen LogP contribution >= 0.6 is 12.4 Å². The molecule has 2 N–H and O–H groups in total. The maximum absolute atomic E-state index is 12.9. The maximum atomic E-state index is 12.9. The molecule has 23 heavy (non-hydrogen) atoms. The van der Waals surface area contributed by atoms with Crippen molar-refractivity contribution in [2.75, 3.05) is 13.7 Å². The van der Waals surface area contributed by atoms with Gasteiger partial charge in [0.15, 0.2) is 0 Å². The van der Waals surface area contributed by atoms with Gasteiger partial charge in [-0.05, 0) is 45.4 Å². The Morgan fingerprint density at radius 3 is 2.52 bits per heavy atom. The molecule has 0 saturated heterocycles. The van der Waals surface area contributed by atoms with Gasteiger partial charge in [-0.3, -0.25) is 4.79 Å². The molecule has 3 saturated carbocycles. The van der Waals surface area contributed by atoms with Gasteiger partial charge in [0.2, 0.25) is 5.91 Å². The van der Waals surface area contributed by atoms with Crippen LogP contribution in [0.3, 0.4) is 0 Å². The molecule has 0 aromatic rings. The van der Waals surface area contributed by atoms with Crippen LogP contribution in [0.25, 0.3) is 0 Å². The Morgan fingerprint density at radius 2 is 1.91 bits per heavy atom. The molecule has 0 aliphatic heterocycles. The smallest absolute Gasteiger partial charge is 0.225 e. The van der Waals surface area contributed by atoms with Crippen molar-refractivity contribution in [3.05, 3.63) is 0 Å². The van der Waals surface area contributed by atoms with E-state index in [-0.39, 0.29) is 29.8 Å². The van der Waals surface area contributed by atoms with E-state index in [9.17, 15) is 4.79 Å². The van der Waals surface area contributed by atoms with E-state index in [0.29, 0.717) is 18.1 Å². The minimum Gasteiger partial charge on any atom is -0.378 e. The van der Waals surface area contributed by atoms with E-state index in [2.05, 4.69) is 11.8 Å². The molecule has 0 aromatic heterocycles. The van der Waals surface area contributed by atoms with Gasteiger partial charge in [-0.1, -0.05) is 19.3 Å². The number of hydrogen-bond acceptors (Lipinski definition) is 3. The van der Waals surface area contributed by atoms with Gasteiger partial charge in [-0.2, -0.15) is 0 Å². The lowest BCUT2D eigenvalue weighted by molar-refractivity contribution is -0.175. The third kappa shape index (κ3) is 3.40. The summed E-state index contributed by atoms with van der Waals surface area (Å²) in [6.07, 6.45) is 10.5. The molecule has 3 fully saturated rings. The summed E-state index contributed by atoms with van der Waals surface area (Å²) in [6, 6.07) is 0.603. The standard InChI is InChI=1S/C18H32N2O2.ClH/c1-3-22-16-12-15(18(16)9-4-5-10-18)20(2)17(21)13-7-6-8-14(19)11-13;/h13-16H,3-12,19H2,1-2H3;1H. The van der Waals surface area contributed by atoms with Crippen molar-refractivity contribution in [1.29, 1.82) is 0 Å². The predicted molar refractivity (Wildman–Crippen MR) is 94.7 cm³/mol. The predicted octanol–water partition coefficient (Wildman–Crippen LogP) is 3.12. The number of amides is 1. The van der Waals surface area contributed by atoms with Crippen molar-refractivity contribution >= 4 is 18.3 Å². The lowest BCUT2D eigenvalue weighted by Crippen LogP contribution is -2.64. The highest BCUT2D eigenvalue weighted by molar-refractivity contribution is 5.85. The van der Waals surface area contributed by atoms with Gasteiger partial charge >= 0.3 is 0 Å². The Hall–Kier alpha value is -0.320. The molecule has 0 heterocycles. The second kappa shape index (κ2) is 7.71. The van der Waals surface area contributed by atoms with Crippen LogP contribution in [0.5, 0.6) is 0 Å². The zero-order valence-electron chi connectivity index (χ0n) is 14.6. The molecule has 4 nitrogen and oxygen atoms in total. The second-order valence-electron chi connectivity index (χ2n) is 7.71. The normalized spacial score (nSPS) is 35.4. The van der Waals surface area contributed by atoms with Crippen molar-refractivity contribution in [2.45, 2.75) is 82.9 Å². The summed E-state index contributed by atoms with van der Waals surface area (Å²) in [5, 5.41) is 0. The highest BCUT2D eigenvalue weighted by Gasteiger charge is 2.59. The minimum absolute atomic E-state index is 0. The summed E-state index contributed by atoms with van der Waals surface area (Å²) in [5.74, 6) is 0.486. The van der Waals surface area contributed by atoms with Crippen LogP contribution in [-0.4, -0.2) is 42.6 Å². The number of ether oxygens (including phenoxy) is 1. The van der Waals surface area contributed by atoms with Gasteiger partial charge in [-0.25, -0.2) is 0 Å². The van der Waals surface area contributed by atoms with E-state index in [4.69, 9.17) is 10.5 Å². The number of rotatable bonds is 4. The van der Waals surface area contributed by atoms with Crippen LogP contribution in [0.2, 0.25) is 0 Å². The van der Waals surface area contributed by atoms with Crippen molar-refractivity contribution in [1.82, 2.24) is 4.90 Å². The lowest BCUT2D eigenvalue weighted by atomic mass is 9.59. The summed E-state index contributed by atoms with van der Waals surface area (Å²) in [4.78, 5) is 15.0. The first-order chi connectivity index (χ1) is 10.6. The monoisotopic (exact) mass is 344 g/mol. The molecule has 3 aliphatic carbocycles. The Labute approximate surface area is 146 Å². The van der Waals surface area contributed by atoms with Gasteiger partial charge in [0.1, 0.15) is 0 Å². The molecule has 5 heteroatoms. The average molecular weight is 345 g/mol. The average Bonchev–Trinajstić information content (AvgIpc) is 3.02. The Kier molecular flexibility index (Phi) is 6.37. The second-order valence-corrected chi connectivity index (χ2v) is 7.71. The van der Waals surface area contributed by atoms with E-state index >= 15 is 0 Å². The highest BCUT2D eigenvalue weighted by atomic mass is 35.5. The van der Waals surface area contributed by atoms with Crippen LogP contribution in [0.1, 0.15) is 64.7 Å². The summed E-state index contributed by atoms with van der Waals surface area (Å²) in [5.41, 5.74) is 6.32. The minimum atomic E-state index is 0. The van der Waals surface area contributed by atoms with Crippen LogP contribution in [-0.2, 0) is 9.53 Å². The molecule has 4 atom stereocenters. The van der Waals surface area contributed by atoms with Crippen LogP contribution in [0, 0.1) is 11.3 Å². The molecular weight excluding hydrogens is 312 g/mol. The largest absolute Gasteiger partial charge is 0.378 e. The zero-order valence-corrected chi connectivity index (χ0v) is 15.4. The number of hydrogen-bond donors (Lipinski definition) is 1. The summed E-state index contributed by atoms with van der Waals surface area (Å²) >= 11 is 0. The first kappa shape index (κ1) is 19.0. The van der Waals surface area contributed by atoms with Crippen LogP contribution < -0.4 is 5.73 Å². The van der Waals surface area contributed by atoms with E-state index in [1.807, 2.05) is 7.05 Å². The number of nitrogens with two attached hydrogens (primary N) is 1. The molecule has 3 rings (SSSR count). The number of halogens is 1. The van der Waals surface area contributed by atoms with E-state index in [1.165, 1.54) is 25.7 Å². The molecular formula is C18H33ClN2O2. The molecule has 134 valence electrons. The quantitative estimate of drug-likeness (QED) is 0.852. The first-order valence-corrected chi connectivity index (χ1v) is 9.22. The molecule has 0 aromatic carbocycles. The van der Waals surface area contributed by atoms with Gasteiger partial charge in [0.25, 0.3) is 0 Å². The van der Waals surface area contributed by atoms with Gasteiger partial charge < -0.3 is 15.4 Å². The van der Waals surface area contributed by atoms with Gasteiger partial charge in [0, 0.05) is 37.1 Å². The number of nitrogens with zero attached hydrogens (tertiary/aromatic N) is 1. The topological polar surface area (TPSA) is 55.6 Å². The van der Waals surface area contributed by atoms with Crippen LogP contribution in [0.4, 0.5) is 0 Å². The van der Waals surface area contributed by atoms with Gasteiger partial charge in [-0.15, -0.1) is 12.4 Å². The van der Waals surface area contributed by atoms with E-state index < -0.39 is 0 Å². The van der Waals surface area contributed by atoms with Crippen molar-refractivity contribution in [3.8, 4) is 0 Å². The molecule has 0 bridgehead atoms. The SMILES string of the molecule is CCOC1CC(N(C)C(=O)C2CCCC(N)C2)C12CCCC2.Cl. The molecule has 1 spiro atoms. The molecule has 1 amide bonds. The van der Waals surface area contributed by atoms with E-state index in [0.717, 1.165) is 38.7 Å². The Bertz CT molecular complexity index is 412. The third-order valence-corrected chi connectivity index (χ3v) is 6.52. The fourth-order valence-corrected chi connectivity index (χ4v) is 5.29. The Balaban J connectivity index is 0.00000192. The summed E-state index contributed by atoms with van der Waals surface area (Å²) in [7, 11) is 2.02. The van der Waals surface area contributed by atoms with Crippen molar-refractivity contribution in [2.24, 2.45) is 17.1 Å².